The first kappa shape index (κ1) is 12.6. The van der Waals surface area contributed by atoms with Crippen molar-refractivity contribution in [1.29, 1.82) is 0 Å². The molecule has 2 unspecified atom stereocenters. The largest absolute Gasteiger partial charge is 0.323 e. The fourth-order valence-corrected chi connectivity index (χ4v) is 4.50. The van der Waals surface area contributed by atoms with Gasteiger partial charge in [0.15, 0.2) is 0 Å². The third-order valence-electron chi connectivity index (χ3n) is 3.98. The van der Waals surface area contributed by atoms with E-state index in [4.69, 9.17) is 5.73 Å². The molecule has 2 atom stereocenters. The Labute approximate surface area is 111 Å². The highest BCUT2D eigenvalue weighted by molar-refractivity contribution is 9.11. The minimum absolute atomic E-state index is 0.215. The second kappa shape index (κ2) is 4.43. The van der Waals surface area contributed by atoms with Crippen molar-refractivity contribution in [3.05, 3.63) is 20.3 Å². The van der Waals surface area contributed by atoms with Gasteiger partial charge in [-0.25, -0.2) is 0 Å². The third kappa shape index (κ3) is 2.22. The maximum absolute atomic E-state index is 6.45. The maximum atomic E-state index is 6.45. The summed E-state index contributed by atoms with van der Waals surface area (Å²) in [6.45, 7) is 6.86. The van der Waals surface area contributed by atoms with Crippen LogP contribution in [-0.2, 0) is 0 Å². The van der Waals surface area contributed by atoms with Crippen molar-refractivity contribution in [2.24, 2.45) is 17.1 Å². The Morgan fingerprint density at radius 2 is 2.25 bits per heavy atom. The molecule has 3 heteroatoms. The molecule has 0 bridgehead atoms. The fraction of sp³-hybridized carbons (Fsp3) is 0.692. The first-order valence-corrected chi connectivity index (χ1v) is 7.54. The number of halogens is 1. The van der Waals surface area contributed by atoms with Crippen molar-refractivity contribution < 1.29 is 0 Å². The Balaban J connectivity index is 2.22. The van der Waals surface area contributed by atoms with E-state index < -0.39 is 0 Å². The molecule has 1 heterocycles. The van der Waals surface area contributed by atoms with E-state index in [1.807, 2.05) is 0 Å². The highest BCUT2D eigenvalue weighted by atomic mass is 79.9. The van der Waals surface area contributed by atoms with E-state index in [1.54, 1.807) is 11.3 Å². The lowest BCUT2D eigenvalue weighted by atomic mass is 9.77. The molecular weight excluding hydrogens is 282 g/mol. The Morgan fingerprint density at radius 1 is 1.56 bits per heavy atom. The molecule has 1 nitrogen and oxygen atoms in total. The summed E-state index contributed by atoms with van der Waals surface area (Å²) in [5.74, 6) is 0.637. The molecule has 0 aromatic carbocycles. The highest BCUT2D eigenvalue weighted by Gasteiger charge is 2.39. The number of thiophene rings is 1. The van der Waals surface area contributed by atoms with Gasteiger partial charge in [0.05, 0.1) is 3.79 Å². The van der Waals surface area contributed by atoms with Crippen LogP contribution in [0.4, 0.5) is 0 Å². The molecule has 0 amide bonds. The molecule has 1 saturated carbocycles. The van der Waals surface area contributed by atoms with Crippen LogP contribution < -0.4 is 5.73 Å². The molecule has 90 valence electrons. The molecule has 0 radical (unpaired) electrons. The van der Waals surface area contributed by atoms with Gasteiger partial charge in [0, 0.05) is 10.9 Å². The molecule has 1 aromatic rings. The van der Waals surface area contributed by atoms with E-state index in [9.17, 15) is 0 Å². The maximum Gasteiger partial charge on any atom is 0.0731 e. The molecule has 2 rings (SSSR count). The Morgan fingerprint density at radius 3 is 2.69 bits per heavy atom. The van der Waals surface area contributed by atoms with Gasteiger partial charge in [-0.1, -0.05) is 20.3 Å². The lowest BCUT2D eigenvalue weighted by Gasteiger charge is -2.31. The zero-order valence-electron chi connectivity index (χ0n) is 10.2. The summed E-state index contributed by atoms with van der Waals surface area (Å²) < 4.78 is 1.23. The van der Waals surface area contributed by atoms with Crippen LogP contribution in [-0.4, -0.2) is 0 Å². The van der Waals surface area contributed by atoms with E-state index in [0.29, 0.717) is 11.3 Å². The zero-order chi connectivity index (χ0) is 11.9. The van der Waals surface area contributed by atoms with Crippen LogP contribution in [0.3, 0.4) is 0 Å². The number of nitrogens with two attached hydrogens (primary N) is 1. The van der Waals surface area contributed by atoms with E-state index in [1.165, 1.54) is 33.5 Å². The molecule has 1 aliphatic carbocycles. The van der Waals surface area contributed by atoms with Gasteiger partial charge in [0.25, 0.3) is 0 Å². The van der Waals surface area contributed by atoms with Crippen molar-refractivity contribution >= 4 is 27.3 Å². The van der Waals surface area contributed by atoms with Crippen LogP contribution >= 0.6 is 27.3 Å². The molecular formula is C13H20BrNS. The third-order valence-corrected chi connectivity index (χ3v) is 6.22. The summed E-state index contributed by atoms with van der Waals surface area (Å²) in [6.07, 6.45) is 3.93. The lowest BCUT2D eigenvalue weighted by molar-refractivity contribution is 0.224. The van der Waals surface area contributed by atoms with Crippen molar-refractivity contribution in [2.45, 2.75) is 46.1 Å². The van der Waals surface area contributed by atoms with Gasteiger partial charge in [0.1, 0.15) is 0 Å². The quantitative estimate of drug-likeness (QED) is 0.846. The van der Waals surface area contributed by atoms with Gasteiger partial charge in [0.2, 0.25) is 0 Å². The predicted octanol–water partition coefficient (Wildman–Crippen LogP) is 4.65. The molecule has 2 N–H and O–H groups in total. The van der Waals surface area contributed by atoms with Crippen LogP contribution in [0.15, 0.2) is 9.85 Å². The normalized spacial score (nSPS) is 25.9. The molecule has 1 aromatic heterocycles. The molecule has 0 saturated heterocycles. The van der Waals surface area contributed by atoms with Crippen LogP contribution in [0, 0.1) is 18.3 Å². The molecule has 0 spiro atoms. The summed E-state index contributed by atoms with van der Waals surface area (Å²) in [6, 6.07) is 2.46. The topological polar surface area (TPSA) is 26.0 Å². The van der Waals surface area contributed by atoms with Crippen LogP contribution in [0.25, 0.3) is 0 Å². The van der Waals surface area contributed by atoms with Gasteiger partial charge in [-0.05, 0) is 58.7 Å². The van der Waals surface area contributed by atoms with Gasteiger partial charge in [-0.3, -0.25) is 0 Å². The van der Waals surface area contributed by atoms with Crippen molar-refractivity contribution in [3.63, 3.8) is 0 Å². The van der Waals surface area contributed by atoms with Crippen molar-refractivity contribution in [3.8, 4) is 0 Å². The minimum Gasteiger partial charge on any atom is -0.323 e. The number of rotatable bonds is 2. The van der Waals surface area contributed by atoms with Gasteiger partial charge >= 0.3 is 0 Å². The average molecular weight is 302 g/mol. The van der Waals surface area contributed by atoms with Crippen LogP contribution in [0.2, 0.25) is 0 Å². The summed E-state index contributed by atoms with van der Waals surface area (Å²) in [4.78, 5) is 1.34. The second-order valence-corrected chi connectivity index (χ2v) is 8.02. The number of hydrogen-bond donors (Lipinski definition) is 1. The monoisotopic (exact) mass is 301 g/mol. The van der Waals surface area contributed by atoms with Crippen molar-refractivity contribution in [2.75, 3.05) is 0 Å². The van der Waals surface area contributed by atoms with E-state index >= 15 is 0 Å². The highest BCUT2D eigenvalue weighted by Crippen LogP contribution is 2.49. The first-order valence-electron chi connectivity index (χ1n) is 5.93. The molecule has 1 fully saturated rings. The van der Waals surface area contributed by atoms with Gasteiger partial charge in [-0.2, -0.15) is 0 Å². The predicted molar refractivity (Wildman–Crippen MR) is 74.8 cm³/mol. The Kier molecular flexibility index (Phi) is 3.49. The van der Waals surface area contributed by atoms with Crippen LogP contribution in [0.1, 0.15) is 49.6 Å². The van der Waals surface area contributed by atoms with Gasteiger partial charge < -0.3 is 5.73 Å². The number of aryl methyl sites for hydroxylation is 1. The zero-order valence-corrected chi connectivity index (χ0v) is 12.6. The first-order chi connectivity index (χ1) is 7.42. The van der Waals surface area contributed by atoms with E-state index in [2.05, 4.69) is 42.8 Å². The molecule has 16 heavy (non-hydrogen) atoms. The molecule has 0 aliphatic heterocycles. The van der Waals surface area contributed by atoms with Crippen LogP contribution in [0.5, 0.6) is 0 Å². The summed E-state index contributed by atoms with van der Waals surface area (Å²) in [5, 5.41) is 0. The SMILES string of the molecule is Cc1cc(C(N)C2CCCC2(C)C)sc1Br. The smallest absolute Gasteiger partial charge is 0.0731 e. The van der Waals surface area contributed by atoms with Crippen molar-refractivity contribution in [1.82, 2.24) is 0 Å². The van der Waals surface area contributed by atoms with Gasteiger partial charge in [-0.15, -0.1) is 11.3 Å². The standard InChI is InChI=1S/C13H20BrNS/c1-8-7-10(16-12(8)14)11(15)9-5-4-6-13(9,2)3/h7,9,11H,4-6,15H2,1-3H3. The summed E-state index contributed by atoms with van der Waals surface area (Å²) >= 11 is 5.39. The Bertz CT molecular complexity index is 364. The Hall–Kier alpha value is 0.140. The number of hydrogen-bond acceptors (Lipinski definition) is 2. The van der Waals surface area contributed by atoms with E-state index in [0.717, 1.165) is 0 Å². The van der Waals surface area contributed by atoms with E-state index in [-0.39, 0.29) is 6.04 Å². The molecule has 1 aliphatic rings. The summed E-state index contributed by atoms with van der Waals surface area (Å²) in [5.41, 5.74) is 8.17. The average Bonchev–Trinajstić information content (AvgIpc) is 2.70. The fourth-order valence-electron chi connectivity index (χ4n) is 2.87. The second-order valence-electron chi connectivity index (χ2n) is 5.62. The minimum atomic E-state index is 0.215. The summed E-state index contributed by atoms with van der Waals surface area (Å²) in [7, 11) is 0. The lowest BCUT2D eigenvalue weighted by Crippen LogP contribution is -2.28.